The van der Waals surface area contributed by atoms with Gasteiger partial charge in [0.1, 0.15) is 36.1 Å². The lowest BCUT2D eigenvalue weighted by atomic mass is 9.55. The zero-order valence-corrected chi connectivity index (χ0v) is 38.3. The van der Waals surface area contributed by atoms with Gasteiger partial charge in [-0.15, -0.1) is 6.58 Å². The molecular formula is C54H59N3O10. The van der Waals surface area contributed by atoms with Gasteiger partial charge < -0.3 is 34.0 Å². The van der Waals surface area contributed by atoms with Gasteiger partial charge in [0.05, 0.1) is 29.7 Å². The lowest BCUT2D eigenvalue weighted by Gasteiger charge is -2.59. The standard InChI is InChI=1S/C54H59N3O10/c1-5-29-64-54-50(56(34-39-16-12-15-37-13-6-7-17-44(37)39)53(60)66-41-23-20-40(21-24-41)57(61)62)33-48(55-63-4)46-31-38(14-8-10-27-58)45(18-9-11-28-59)51(52(46)54)47-32-43(25-26-49(47)67-54)65-42-22-19-35(2)36(3)30-42/h5-7,12-13,15-17,19-26,30-32,38,45,50-52,58-59H,1,8-11,14,18,27-29,33-34H2,2-4H3. The molecule has 13 heteroatoms. The van der Waals surface area contributed by atoms with Gasteiger partial charge in [-0.1, -0.05) is 78.7 Å². The highest BCUT2D eigenvalue weighted by Crippen LogP contribution is 2.62. The van der Waals surface area contributed by atoms with Crippen LogP contribution in [0.3, 0.4) is 0 Å². The summed E-state index contributed by atoms with van der Waals surface area (Å²) in [6, 6.07) is 30.3. The van der Waals surface area contributed by atoms with Gasteiger partial charge in [-0.2, -0.15) is 0 Å². The minimum absolute atomic E-state index is 0.00802. The number of non-ortho nitro benzene ring substituents is 1. The topological polar surface area (TPSA) is 162 Å². The molecule has 5 aromatic rings. The van der Waals surface area contributed by atoms with E-state index in [0.29, 0.717) is 35.8 Å². The normalized spacial score (nSPS) is 22.2. The number of benzene rings is 5. The molecule has 67 heavy (non-hydrogen) atoms. The Morgan fingerprint density at radius 1 is 0.910 bits per heavy atom. The van der Waals surface area contributed by atoms with Crippen molar-refractivity contribution in [1.82, 2.24) is 4.90 Å². The van der Waals surface area contributed by atoms with E-state index in [0.717, 1.165) is 64.3 Å². The number of oxime groups is 1. The second-order valence-electron chi connectivity index (χ2n) is 17.7. The summed E-state index contributed by atoms with van der Waals surface area (Å²) < 4.78 is 27.4. The van der Waals surface area contributed by atoms with Gasteiger partial charge in [0.15, 0.2) is 0 Å². The third-order valence-corrected chi connectivity index (χ3v) is 13.6. The second-order valence-corrected chi connectivity index (χ2v) is 17.7. The molecule has 1 heterocycles. The Morgan fingerprint density at radius 2 is 1.63 bits per heavy atom. The van der Waals surface area contributed by atoms with Crippen LogP contribution in [0, 0.1) is 41.7 Å². The summed E-state index contributed by atoms with van der Waals surface area (Å²) in [7, 11) is 1.51. The lowest BCUT2D eigenvalue weighted by Crippen LogP contribution is -2.70. The maximum absolute atomic E-state index is 15.2. The van der Waals surface area contributed by atoms with Crippen LogP contribution in [0.5, 0.6) is 23.0 Å². The van der Waals surface area contributed by atoms with Gasteiger partial charge in [0, 0.05) is 43.2 Å². The fraction of sp³-hybridized carbons (Fsp3) is 0.370. The molecule has 3 aliphatic rings. The maximum atomic E-state index is 15.2. The van der Waals surface area contributed by atoms with Crippen molar-refractivity contribution in [2.75, 3.05) is 26.9 Å². The third kappa shape index (κ3) is 9.81. The Labute approximate surface area is 391 Å². The van der Waals surface area contributed by atoms with Crippen molar-refractivity contribution in [2.24, 2.45) is 22.9 Å². The molecule has 2 aliphatic carbocycles. The highest BCUT2D eigenvalue weighted by Gasteiger charge is 2.66. The van der Waals surface area contributed by atoms with E-state index >= 15 is 4.79 Å². The van der Waals surface area contributed by atoms with Crippen LogP contribution in [0.2, 0.25) is 0 Å². The first-order chi connectivity index (χ1) is 32.6. The molecule has 1 amide bonds. The number of fused-ring (bicyclic) bond motifs is 3. The summed E-state index contributed by atoms with van der Waals surface area (Å²) in [4.78, 5) is 33.6. The monoisotopic (exact) mass is 909 g/mol. The summed E-state index contributed by atoms with van der Waals surface area (Å²) in [5, 5.41) is 38.2. The van der Waals surface area contributed by atoms with Gasteiger partial charge in [-0.05, 0) is 127 Å². The fourth-order valence-corrected chi connectivity index (χ4v) is 10.4. The second kappa shape index (κ2) is 21.0. The lowest BCUT2D eigenvalue weighted by molar-refractivity contribution is -0.384. The zero-order valence-electron chi connectivity index (χ0n) is 38.3. The number of allylic oxidation sites excluding steroid dienone is 1. The average molecular weight is 910 g/mol. The van der Waals surface area contributed by atoms with Gasteiger partial charge in [-0.3, -0.25) is 15.0 Å². The third-order valence-electron chi connectivity index (χ3n) is 13.6. The molecule has 0 saturated heterocycles. The molecule has 1 saturated carbocycles. The van der Waals surface area contributed by atoms with Crippen molar-refractivity contribution in [3.8, 4) is 23.0 Å². The van der Waals surface area contributed by atoms with Gasteiger partial charge >= 0.3 is 6.09 Å². The van der Waals surface area contributed by atoms with Crippen LogP contribution < -0.4 is 14.2 Å². The SMILES string of the molecule is C=CCOC12Oc3ccc(Oc4ccc(C)c(C)c4)cc3C3C(CCCCO)C(CCCCO)C=C(C(=NOC)CC1N(Cc1cccc4ccccc14)C(=O)Oc1ccc([N+](=O)[O-])cc1)C32. The Kier molecular flexibility index (Phi) is 14.7. The minimum Gasteiger partial charge on any atom is -0.459 e. The van der Waals surface area contributed by atoms with E-state index in [1.54, 1.807) is 11.0 Å². The number of nitro benzene ring substituents is 1. The molecule has 350 valence electrons. The van der Waals surface area contributed by atoms with E-state index in [2.05, 4.69) is 32.6 Å². The van der Waals surface area contributed by atoms with E-state index in [1.165, 1.54) is 31.4 Å². The summed E-state index contributed by atoms with van der Waals surface area (Å²) >= 11 is 0. The molecule has 0 spiro atoms. The van der Waals surface area contributed by atoms with E-state index < -0.39 is 28.8 Å². The number of aryl methyl sites for hydroxylation is 2. The van der Waals surface area contributed by atoms with E-state index in [9.17, 15) is 20.3 Å². The molecule has 0 aromatic heterocycles. The molecule has 2 N–H and O–H groups in total. The maximum Gasteiger partial charge on any atom is 0.416 e. The van der Waals surface area contributed by atoms with Crippen LogP contribution >= 0.6 is 0 Å². The van der Waals surface area contributed by atoms with Crippen molar-refractivity contribution in [3.05, 3.63) is 160 Å². The molecule has 0 bridgehead atoms. The number of unbranched alkanes of at least 4 members (excludes halogenated alkanes) is 2. The fourth-order valence-electron chi connectivity index (χ4n) is 10.4. The zero-order chi connectivity index (χ0) is 47.1. The highest BCUT2D eigenvalue weighted by atomic mass is 16.7. The van der Waals surface area contributed by atoms with E-state index in [1.807, 2.05) is 72.8 Å². The summed E-state index contributed by atoms with van der Waals surface area (Å²) in [5.41, 5.74) is 5.41. The summed E-state index contributed by atoms with van der Waals surface area (Å²) in [5.74, 6) is -0.358. The van der Waals surface area contributed by atoms with Crippen LogP contribution in [0.1, 0.15) is 73.1 Å². The van der Waals surface area contributed by atoms with Crippen molar-refractivity contribution in [2.45, 2.75) is 83.1 Å². The first-order valence-corrected chi connectivity index (χ1v) is 23.1. The predicted molar refractivity (Wildman–Crippen MR) is 257 cm³/mol. The van der Waals surface area contributed by atoms with Crippen LogP contribution in [-0.2, 0) is 16.1 Å². The number of amides is 1. The van der Waals surface area contributed by atoms with Crippen LogP contribution in [0.15, 0.2) is 133 Å². The Balaban J connectivity index is 1.34. The molecular weight excluding hydrogens is 851 g/mol. The number of carbonyl (C=O) groups excluding carboxylic acids is 1. The largest absolute Gasteiger partial charge is 0.459 e. The molecule has 8 rings (SSSR count). The van der Waals surface area contributed by atoms with Crippen molar-refractivity contribution in [3.63, 3.8) is 0 Å². The number of hydrogen-bond donors (Lipinski definition) is 2. The molecule has 5 aromatic carbocycles. The van der Waals surface area contributed by atoms with Crippen LogP contribution in [0.25, 0.3) is 10.8 Å². The Hall–Kier alpha value is -6.54. The van der Waals surface area contributed by atoms with Crippen LogP contribution in [-0.4, -0.2) is 70.6 Å². The van der Waals surface area contributed by atoms with E-state index in [-0.39, 0.29) is 62.0 Å². The summed E-state index contributed by atoms with van der Waals surface area (Å²) in [6.45, 7) is 8.45. The number of ether oxygens (including phenoxy) is 4. The highest BCUT2D eigenvalue weighted by molar-refractivity contribution is 6.03. The number of nitro groups is 1. The van der Waals surface area contributed by atoms with Crippen LogP contribution in [0.4, 0.5) is 10.5 Å². The number of aliphatic hydroxyl groups is 2. The van der Waals surface area contributed by atoms with Gasteiger partial charge in [0.2, 0.25) is 5.79 Å². The predicted octanol–water partition coefficient (Wildman–Crippen LogP) is 11.1. The molecule has 6 unspecified atom stereocenters. The van der Waals surface area contributed by atoms with Gasteiger partial charge in [-0.25, -0.2) is 4.79 Å². The molecule has 0 radical (unpaired) electrons. The molecule has 1 fully saturated rings. The van der Waals surface area contributed by atoms with E-state index in [4.69, 9.17) is 28.9 Å². The smallest absolute Gasteiger partial charge is 0.416 e. The number of aliphatic hydroxyl groups excluding tert-OH is 2. The minimum atomic E-state index is -1.56. The number of nitrogens with zero attached hydrogens (tertiary/aromatic N) is 3. The quantitative estimate of drug-likeness (QED) is 0.0353. The van der Waals surface area contributed by atoms with Crippen molar-refractivity contribution in [1.29, 1.82) is 0 Å². The molecule has 6 atom stereocenters. The Morgan fingerprint density at radius 3 is 2.36 bits per heavy atom. The Bertz CT molecular complexity index is 2640. The molecule has 1 aliphatic heterocycles. The van der Waals surface area contributed by atoms with Crippen molar-refractivity contribution < 1.29 is 43.7 Å². The first-order valence-electron chi connectivity index (χ1n) is 23.1. The average Bonchev–Trinajstić information content (AvgIpc) is 3.33. The van der Waals surface area contributed by atoms with Gasteiger partial charge in [0.25, 0.3) is 5.69 Å². The number of carbonyl (C=O) groups is 1. The molecule has 13 nitrogen and oxygen atoms in total. The first kappa shape index (κ1) is 47.0. The van der Waals surface area contributed by atoms with Crippen molar-refractivity contribution >= 4 is 28.3 Å². The summed E-state index contributed by atoms with van der Waals surface area (Å²) in [6.07, 6.45) is 7.76. The number of hydrogen-bond acceptors (Lipinski definition) is 11. The number of rotatable bonds is 19.